The smallest absolute Gasteiger partial charge is 0.147 e. The third-order valence-electron chi connectivity index (χ3n) is 5.74. The first-order valence-corrected chi connectivity index (χ1v) is 10.5. The van der Waals surface area contributed by atoms with Crippen LogP contribution in [0.15, 0.2) is 60.9 Å². The van der Waals surface area contributed by atoms with Gasteiger partial charge in [0.25, 0.3) is 0 Å². The molecule has 1 fully saturated rings. The molecule has 1 aliphatic heterocycles. The monoisotopic (exact) mass is 403 g/mol. The van der Waals surface area contributed by atoms with Gasteiger partial charge in [-0.15, -0.1) is 0 Å². The molecule has 0 aliphatic carbocycles. The second-order valence-electron chi connectivity index (χ2n) is 8.27. The van der Waals surface area contributed by atoms with Crippen LogP contribution in [-0.4, -0.2) is 36.3 Å². The highest BCUT2D eigenvalue weighted by Gasteiger charge is 2.23. The summed E-state index contributed by atoms with van der Waals surface area (Å²) in [5.74, 6) is 1.71. The van der Waals surface area contributed by atoms with Crippen molar-refractivity contribution >= 4 is 5.82 Å². The van der Waals surface area contributed by atoms with E-state index in [1.54, 1.807) is 12.4 Å². The highest BCUT2D eigenvalue weighted by Crippen LogP contribution is 2.32. The number of aromatic nitrogens is 2. The van der Waals surface area contributed by atoms with E-state index < -0.39 is 0 Å². The van der Waals surface area contributed by atoms with Crippen LogP contribution in [0, 0.1) is 6.92 Å². The predicted octanol–water partition coefficient (Wildman–Crippen LogP) is 4.53. The fourth-order valence-corrected chi connectivity index (χ4v) is 3.67. The van der Waals surface area contributed by atoms with Crippen LogP contribution >= 0.6 is 0 Å². The molecule has 1 saturated heterocycles. The second-order valence-corrected chi connectivity index (χ2v) is 8.27. The molecular formula is C25H29N3O2. The fourth-order valence-electron chi connectivity index (χ4n) is 3.67. The van der Waals surface area contributed by atoms with Gasteiger partial charge in [0, 0.05) is 18.5 Å². The molecule has 0 bridgehead atoms. The Labute approximate surface area is 178 Å². The van der Waals surface area contributed by atoms with E-state index in [1.807, 2.05) is 12.1 Å². The number of morpholine rings is 1. The minimum absolute atomic E-state index is 0.0653. The van der Waals surface area contributed by atoms with Crippen molar-refractivity contribution in [3.8, 4) is 5.75 Å². The molecule has 1 aromatic heterocycles. The topological polar surface area (TPSA) is 47.5 Å². The Morgan fingerprint density at radius 1 is 0.933 bits per heavy atom. The maximum Gasteiger partial charge on any atom is 0.147 e. The molecule has 5 heteroatoms. The maximum atomic E-state index is 5.98. The molecule has 156 valence electrons. The SMILES string of the molecule is Cc1ccc(C(C)(C)c2ccc(OCc3cncc(N4CCOCC4)n3)cc2)cc1. The normalized spacial score (nSPS) is 14.6. The Morgan fingerprint density at radius 3 is 2.23 bits per heavy atom. The molecule has 1 aliphatic rings. The van der Waals surface area contributed by atoms with Crippen molar-refractivity contribution in [2.24, 2.45) is 0 Å². The first kappa shape index (κ1) is 20.4. The van der Waals surface area contributed by atoms with Crippen LogP contribution < -0.4 is 9.64 Å². The van der Waals surface area contributed by atoms with E-state index in [4.69, 9.17) is 14.5 Å². The van der Waals surface area contributed by atoms with Crippen LogP contribution in [-0.2, 0) is 16.8 Å². The third kappa shape index (κ3) is 4.62. The molecule has 0 spiro atoms. The van der Waals surface area contributed by atoms with Crippen LogP contribution in [0.5, 0.6) is 5.75 Å². The van der Waals surface area contributed by atoms with Crippen molar-refractivity contribution < 1.29 is 9.47 Å². The molecular weight excluding hydrogens is 374 g/mol. The Balaban J connectivity index is 1.41. The first-order valence-electron chi connectivity index (χ1n) is 10.5. The third-order valence-corrected chi connectivity index (χ3v) is 5.74. The van der Waals surface area contributed by atoms with Crippen LogP contribution in [0.25, 0.3) is 0 Å². The predicted molar refractivity (Wildman–Crippen MR) is 119 cm³/mol. The van der Waals surface area contributed by atoms with Gasteiger partial charge in [0.1, 0.15) is 18.2 Å². The zero-order valence-corrected chi connectivity index (χ0v) is 18.0. The summed E-state index contributed by atoms with van der Waals surface area (Å²) in [4.78, 5) is 11.2. The van der Waals surface area contributed by atoms with E-state index in [-0.39, 0.29) is 5.41 Å². The number of nitrogens with zero attached hydrogens (tertiary/aromatic N) is 3. The largest absolute Gasteiger partial charge is 0.487 e. The van der Waals surface area contributed by atoms with Gasteiger partial charge in [-0.1, -0.05) is 55.8 Å². The molecule has 3 aromatic rings. The Hall–Kier alpha value is -2.92. The summed E-state index contributed by atoms with van der Waals surface area (Å²) in [6.07, 6.45) is 3.57. The molecule has 0 radical (unpaired) electrons. The van der Waals surface area contributed by atoms with Crippen molar-refractivity contribution in [3.63, 3.8) is 0 Å². The minimum Gasteiger partial charge on any atom is -0.487 e. The number of rotatable bonds is 6. The molecule has 0 N–H and O–H groups in total. The lowest BCUT2D eigenvalue weighted by Crippen LogP contribution is -2.37. The molecule has 0 atom stereocenters. The van der Waals surface area contributed by atoms with E-state index in [0.717, 1.165) is 43.6 Å². The summed E-state index contributed by atoms with van der Waals surface area (Å²) >= 11 is 0. The standard InChI is InChI=1S/C25H29N3O2/c1-19-4-6-20(7-5-19)25(2,3)21-8-10-23(11-9-21)30-18-22-16-26-17-24(27-22)28-12-14-29-15-13-28/h4-11,16-17H,12-15,18H2,1-3H3. The number of aryl methyl sites for hydroxylation is 1. The van der Waals surface area contributed by atoms with E-state index in [2.05, 4.69) is 67.1 Å². The zero-order chi connectivity index (χ0) is 21.0. The lowest BCUT2D eigenvalue weighted by atomic mass is 9.78. The second kappa shape index (κ2) is 8.84. The quantitative estimate of drug-likeness (QED) is 0.605. The zero-order valence-electron chi connectivity index (χ0n) is 18.0. The van der Waals surface area contributed by atoms with Gasteiger partial charge in [-0.3, -0.25) is 4.98 Å². The van der Waals surface area contributed by atoms with Crippen LogP contribution in [0.4, 0.5) is 5.82 Å². The Morgan fingerprint density at radius 2 is 1.57 bits per heavy atom. The number of ether oxygens (including phenoxy) is 2. The molecule has 2 aromatic carbocycles. The summed E-state index contributed by atoms with van der Waals surface area (Å²) in [7, 11) is 0. The van der Waals surface area contributed by atoms with Gasteiger partial charge in [-0.05, 0) is 30.2 Å². The van der Waals surface area contributed by atoms with E-state index in [1.165, 1.54) is 16.7 Å². The Kier molecular flexibility index (Phi) is 6.00. The summed E-state index contributed by atoms with van der Waals surface area (Å²) in [5.41, 5.74) is 4.59. The van der Waals surface area contributed by atoms with Crippen molar-refractivity contribution in [1.29, 1.82) is 0 Å². The summed E-state index contributed by atoms with van der Waals surface area (Å²) in [5, 5.41) is 0. The van der Waals surface area contributed by atoms with Gasteiger partial charge in [0.2, 0.25) is 0 Å². The molecule has 0 amide bonds. The maximum absolute atomic E-state index is 5.98. The Bertz CT molecular complexity index is 962. The van der Waals surface area contributed by atoms with E-state index in [9.17, 15) is 0 Å². The summed E-state index contributed by atoms with van der Waals surface area (Å²) < 4.78 is 11.4. The van der Waals surface area contributed by atoms with Gasteiger partial charge in [0.05, 0.1) is 31.3 Å². The van der Waals surface area contributed by atoms with Gasteiger partial charge in [0.15, 0.2) is 0 Å². The highest BCUT2D eigenvalue weighted by molar-refractivity contribution is 5.41. The lowest BCUT2D eigenvalue weighted by Gasteiger charge is -2.27. The van der Waals surface area contributed by atoms with E-state index in [0.29, 0.717) is 6.61 Å². The molecule has 0 unspecified atom stereocenters. The average Bonchev–Trinajstić information content (AvgIpc) is 2.79. The molecule has 5 nitrogen and oxygen atoms in total. The molecule has 0 saturated carbocycles. The van der Waals surface area contributed by atoms with Crippen molar-refractivity contribution in [2.75, 3.05) is 31.2 Å². The van der Waals surface area contributed by atoms with Gasteiger partial charge >= 0.3 is 0 Å². The lowest BCUT2D eigenvalue weighted by molar-refractivity contribution is 0.122. The average molecular weight is 404 g/mol. The number of anilines is 1. The first-order chi connectivity index (χ1) is 14.5. The van der Waals surface area contributed by atoms with Crippen molar-refractivity contribution in [3.05, 3.63) is 83.3 Å². The number of benzene rings is 2. The van der Waals surface area contributed by atoms with E-state index >= 15 is 0 Å². The van der Waals surface area contributed by atoms with Crippen LogP contribution in [0.1, 0.15) is 36.2 Å². The highest BCUT2D eigenvalue weighted by atomic mass is 16.5. The minimum atomic E-state index is -0.0653. The van der Waals surface area contributed by atoms with Gasteiger partial charge in [-0.2, -0.15) is 0 Å². The molecule has 30 heavy (non-hydrogen) atoms. The van der Waals surface area contributed by atoms with Gasteiger partial charge < -0.3 is 14.4 Å². The molecule has 2 heterocycles. The van der Waals surface area contributed by atoms with Crippen molar-refractivity contribution in [2.45, 2.75) is 32.8 Å². The van der Waals surface area contributed by atoms with Crippen molar-refractivity contribution in [1.82, 2.24) is 9.97 Å². The molecule has 4 rings (SSSR count). The summed E-state index contributed by atoms with van der Waals surface area (Å²) in [6.45, 7) is 10.2. The number of hydrogen-bond donors (Lipinski definition) is 0. The summed E-state index contributed by atoms with van der Waals surface area (Å²) in [6, 6.07) is 17.1. The van der Waals surface area contributed by atoms with Crippen LogP contribution in [0.3, 0.4) is 0 Å². The number of hydrogen-bond acceptors (Lipinski definition) is 5. The van der Waals surface area contributed by atoms with Gasteiger partial charge in [-0.25, -0.2) is 4.98 Å². The van der Waals surface area contributed by atoms with Crippen LogP contribution in [0.2, 0.25) is 0 Å². The fraction of sp³-hybridized carbons (Fsp3) is 0.360.